The Bertz CT molecular complexity index is 721. The Balaban J connectivity index is 2.27. The lowest BCUT2D eigenvalue weighted by atomic mass is 9.94. The summed E-state index contributed by atoms with van der Waals surface area (Å²) in [6, 6.07) is 7.95. The van der Waals surface area contributed by atoms with Gasteiger partial charge in [0.25, 0.3) is 0 Å². The second-order valence-electron chi connectivity index (χ2n) is 7.24. The van der Waals surface area contributed by atoms with E-state index < -0.39 is 44.3 Å². The molecule has 0 spiro atoms. The maximum absolute atomic E-state index is 12.7. The van der Waals surface area contributed by atoms with Crippen LogP contribution in [0.4, 0.5) is 0 Å². The molecule has 1 saturated carbocycles. The van der Waals surface area contributed by atoms with Crippen LogP contribution < -0.4 is 5.32 Å². The van der Waals surface area contributed by atoms with Gasteiger partial charge in [0, 0.05) is 5.54 Å². The standard InChI is InChI=1S/C17H23NO5S/c1-17(2,3)18-15(19)13-9-12(10-14(13)16(20)21)24(22,23)11-7-5-4-6-8-11/h4-8,12-14H,9-10H2,1-3H3,(H,18,19)(H,20,21). The van der Waals surface area contributed by atoms with Crippen LogP contribution in [0.5, 0.6) is 0 Å². The second kappa shape index (κ2) is 6.55. The van der Waals surface area contributed by atoms with E-state index in [4.69, 9.17) is 0 Å². The van der Waals surface area contributed by atoms with E-state index in [1.165, 1.54) is 12.1 Å². The highest BCUT2D eigenvalue weighted by Crippen LogP contribution is 2.38. The number of hydrogen-bond donors (Lipinski definition) is 2. The normalized spacial score (nSPS) is 24.5. The summed E-state index contributed by atoms with van der Waals surface area (Å²) in [5.41, 5.74) is -0.503. The van der Waals surface area contributed by atoms with Gasteiger partial charge in [0.15, 0.2) is 9.84 Å². The maximum atomic E-state index is 12.7. The van der Waals surface area contributed by atoms with E-state index in [1.54, 1.807) is 39.0 Å². The molecular weight excluding hydrogens is 330 g/mol. The number of carbonyl (C=O) groups is 2. The Labute approximate surface area is 142 Å². The van der Waals surface area contributed by atoms with Crippen molar-refractivity contribution in [3.05, 3.63) is 30.3 Å². The van der Waals surface area contributed by atoms with E-state index >= 15 is 0 Å². The zero-order valence-electron chi connectivity index (χ0n) is 14.0. The summed E-state index contributed by atoms with van der Waals surface area (Å²) in [6.07, 6.45) is -0.0229. The number of carboxylic acids is 1. The van der Waals surface area contributed by atoms with E-state index in [-0.39, 0.29) is 17.7 Å². The third-order valence-electron chi connectivity index (χ3n) is 4.18. The molecular formula is C17H23NO5S. The lowest BCUT2D eigenvalue weighted by Crippen LogP contribution is -2.45. The van der Waals surface area contributed by atoms with E-state index in [0.29, 0.717) is 0 Å². The monoisotopic (exact) mass is 353 g/mol. The van der Waals surface area contributed by atoms with Gasteiger partial charge < -0.3 is 10.4 Å². The van der Waals surface area contributed by atoms with E-state index in [9.17, 15) is 23.1 Å². The average molecular weight is 353 g/mol. The molecule has 2 rings (SSSR count). The number of carbonyl (C=O) groups excluding carboxylic acids is 1. The van der Waals surface area contributed by atoms with Crippen molar-refractivity contribution in [2.75, 3.05) is 0 Å². The number of carboxylic acid groups (broad SMARTS) is 1. The van der Waals surface area contributed by atoms with Crippen LogP contribution in [0, 0.1) is 11.8 Å². The molecule has 6 nitrogen and oxygen atoms in total. The van der Waals surface area contributed by atoms with Crippen molar-refractivity contribution in [1.82, 2.24) is 5.32 Å². The van der Waals surface area contributed by atoms with Crippen molar-refractivity contribution in [1.29, 1.82) is 0 Å². The molecule has 0 saturated heterocycles. The number of aliphatic carboxylic acids is 1. The van der Waals surface area contributed by atoms with Crippen LogP contribution in [0.1, 0.15) is 33.6 Å². The summed E-state index contributed by atoms with van der Waals surface area (Å²) < 4.78 is 25.5. The van der Waals surface area contributed by atoms with Gasteiger partial charge in [-0.05, 0) is 45.7 Å². The molecule has 0 aliphatic heterocycles. The lowest BCUT2D eigenvalue weighted by Gasteiger charge is -2.24. The molecule has 1 aromatic rings. The van der Waals surface area contributed by atoms with Gasteiger partial charge >= 0.3 is 5.97 Å². The number of nitrogens with one attached hydrogen (secondary N) is 1. The first-order chi connectivity index (χ1) is 11.0. The Kier molecular flexibility index (Phi) is 5.03. The third kappa shape index (κ3) is 3.95. The van der Waals surface area contributed by atoms with Crippen molar-refractivity contribution < 1.29 is 23.1 Å². The Morgan fingerprint density at radius 3 is 2.12 bits per heavy atom. The van der Waals surface area contributed by atoms with Gasteiger partial charge in [-0.1, -0.05) is 18.2 Å². The van der Waals surface area contributed by atoms with Crippen molar-refractivity contribution in [3.63, 3.8) is 0 Å². The Morgan fingerprint density at radius 2 is 1.62 bits per heavy atom. The Morgan fingerprint density at radius 1 is 1.08 bits per heavy atom. The minimum atomic E-state index is -3.66. The molecule has 132 valence electrons. The topological polar surface area (TPSA) is 101 Å². The van der Waals surface area contributed by atoms with Crippen LogP contribution >= 0.6 is 0 Å². The fourth-order valence-electron chi connectivity index (χ4n) is 3.07. The molecule has 0 radical (unpaired) electrons. The highest BCUT2D eigenvalue weighted by atomic mass is 32.2. The van der Waals surface area contributed by atoms with Crippen molar-refractivity contribution in [2.24, 2.45) is 11.8 Å². The van der Waals surface area contributed by atoms with Crippen LogP contribution in [0.15, 0.2) is 35.2 Å². The van der Waals surface area contributed by atoms with Gasteiger partial charge in [-0.2, -0.15) is 0 Å². The predicted molar refractivity (Wildman–Crippen MR) is 89.2 cm³/mol. The summed E-state index contributed by atoms with van der Waals surface area (Å²) in [7, 11) is -3.66. The van der Waals surface area contributed by atoms with Crippen LogP contribution in [-0.4, -0.2) is 36.2 Å². The summed E-state index contributed by atoms with van der Waals surface area (Å²) in [5.74, 6) is -3.36. The summed E-state index contributed by atoms with van der Waals surface area (Å²) in [4.78, 5) is 24.1. The first kappa shape index (κ1) is 18.4. The quantitative estimate of drug-likeness (QED) is 0.860. The van der Waals surface area contributed by atoms with Crippen molar-refractivity contribution in [3.8, 4) is 0 Å². The molecule has 3 atom stereocenters. The second-order valence-corrected chi connectivity index (χ2v) is 9.47. The molecule has 0 bridgehead atoms. The van der Waals surface area contributed by atoms with Gasteiger partial charge in [-0.15, -0.1) is 0 Å². The maximum Gasteiger partial charge on any atom is 0.307 e. The number of rotatable bonds is 4. The fourth-order valence-corrected chi connectivity index (χ4v) is 4.91. The zero-order chi connectivity index (χ0) is 18.1. The number of sulfone groups is 1. The number of amides is 1. The van der Waals surface area contributed by atoms with Gasteiger partial charge in [0.1, 0.15) is 0 Å². The summed E-state index contributed by atoms with van der Waals surface area (Å²) in [6.45, 7) is 5.40. The van der Waals surface area contributed by atoms with Crippen molar-refractivity contribution >= 4 is 21.7 Å². The first-order valence-corrected chi connectivity index (χ1v) is 9.41. The van der Waals surface area contributed by atoms with Crippen molar-refractivity contribution in [2.45, 2.75) is 49.3 Å². The smallest absolute Gasteiger partial charge is 0.307 e. The largest absolute Gasteiger partial charge is 0.481 e. The Hall–Kier alpha value is -1.89. The molecule has 2 N–H and O–H groups in total. The van der Waals surface area contributed by atoms with Crippen LogP contribution in [0.2, 0.25) is 0 Å². The molecule has 1 aliphatic rings. The SMILES string of the molecule is CC(C)(C)NC(=O)C1CC(S(=O)(=O)c2ccccc2)CC1C(=O)O. The van der Waals surface area contributed by atoms with Crippen LogP contribution in [-0.2, 0) is 19.4 Å². The van der Waals surface area contributed by atoms with E-state index in [1.807, 2.05) is 0 Å². The molecule has 1 fully saturated rings. The summed E-state index contributed by atoms with van der Waals surface area (Å²) >= 11 is 0. The molecule has 3 unspecified atom stereocenters. The van der Waals surface area contributed by atoms with Gasteiger partial charge in [-0.25, -0.2) is 8.42 Å². The molecule has 0 heterocycles. The first-order valence-electron chi connectivity index (χ1n) is 7.86. The van der Waals surface area contributed by atoms with E-state index in [0.717, 1.165) is 0 Å². The predicted octanol–water partition coefficient (Wildman–Crippen LogP) is 1.85. The van der Waals surface area contributed by atoms with Gasteiger partial charge in [-0.3, -0.25) is 9.59 Å². The molecule has 24 heavy (non-hydrogen) atoms. The van der Waals surface area contributed by atoms with E-state index in [2.05, 4.69) is 5.32 Å². The van der Waals surface area contributed by atoms with Crippen LogP contribution in [0.25, 0.3) is 0 Å². The zero-order valence-corrected chi connectivity index (χ0v) is 14.8. The highest BCUT2D eigenvalue weighted by Gasteiger charge is 2.48. The van der Waals surface area contributed by atoms with Gasteiger partial charge in [0.05, 0.1) is 22.0 Å². The molecule has 1 aliphatic carbocycles. The minimum absolute atomic E-state index is 0.0239. The molecule has 0 aromatic heterocycles. The third-order valence-corrected chi connectivity index (χ3v) is 6.37. The fraction of sp³-hybridized carbons (Fsp3) is 0.529. The average Bonchev–Trinajstić information content (AvgIpc) is 2.92. The summed E-state index contributed by atoms with van der Waals surface area (Å²) in [5, 5.41) is 11.3. The molecule has 1 aromatic carbocycles. The van der Waals surface area contributed by atoms with Gasteiger partial charge in [0.2, 0.25) is 5.91 Å². The lowest BCUT2D eigenvalue weighted by molar-refractivity contribution is -0.146. The highest BCUT2D eigenvalue weighted by molar-refractivity contribution is 7.92. The number of benzene rings is 1. The molecule has 7 heteroatoms. The number of hydrogen-bond acceptors (Lipinski definition) is 4. The van der Waals surface area contributed by atoms with Crippen LogP contribution in [0.3, 0.4) is 0 Å². The molecule has 1 amide bonds. The minimum Gasteiger partial charge on any atom is -0.481 e.